The molecule has 1 aromatic rings. The predicted octanol–water partition coefficient (Wildman–Crippen LogP) is 2.51. The lowest BCUT2D eigenvalue weighted by Crippen LogP contribution is -1.89. The van der Waals surface area contributed by atoms with Crippen molar-refractivity contribution in [2.45, 2.75) is 6.42 Å². The van der Waals surface area contributed by atoms with Gasteiger partial charge in [-0.05, 0) is 44.6 Å². The van der Waals surface area contributed by atoms with Gasteiger partial charge < -0.3 is 0 Å². The van der Waals surface area contributed by atoms with Crippen molar-refractivity contribution < 1.29 is 0 Å². The lowest BCUT2D eigenvalue weighted by atomic mass is 10.3. The molecule has 0 aliphatic rings. The summed E-state index contributed by atoms with van der Waals surface area (Å²) in [4.78, 5) is 4.09. The molecule has 2 nitrogen and oxygen atoms in total. The lowest BCUT2D eigenvalue weighted by molar-refractivity contribution is 1.09. The van der Waals surface area contributed by atoms with Crippen LogP contribution in [0.1, 0.15) is 5.69 Å². The molecule has 0 radical (unpaired) electrons. The van der Waals surface area contributed by atoms with E-state index in [0.29, 0.717) is 6.42 Å². The number of hydrogen-bond acceptors (Lipinski definition) is 2. The van der Waals surface area contributed by atoms with Gasteiger partial charge >= 0.3 is 0 Å². The molecule has 0 N–H and O–H groups in total. The maximum Gasteiger partial charge on any atom is 0.0786 e. The molecular weight excluding hydrogens is 319 g/mol. The first-order valence-corrected chi connectivity index (χ1v) is 4.78. The summed E-state index contributed by atoms with van der Waals surface area (Å²) in [5.74, 6) is 0. The van der Waals surface area contributed by atoms with Crippen molar-refractivity contribution in [1.29, 1.82) is 5.26 Å². The molecule has 11 heavy (non-hydrogen) atoms. The number of pyridine rings is 1. The van der Waals surface area contributed by atoms with Crippen LogP contribution in [0, 0.1) is 14.9 Å². The standard InChI is InChI=1S/C7H4BrIN2/c8-6-3-5(9)4-11-7(6)1-2-10/h3-4H,1H2. The van der Waals surface area contributed by atoms with Crippen LogP contribution in [0.15, 0.2) is 16.7 Å². The van der Waals surface area contributed by atoms with E-state index in [0.717, 1.165) is 13.7 Å². The van der Waals surface area contributed by atoms with Crippen LogP contribution in [0.2, 0.25) is 0 Å². The highest BCUT2D eigenvalue weighted by Gasteiger charge is 1.99. The molecule has 1 rings (SSSR count). The lowest BCUT2D eigenvalue weighted by Gasteiger charge is -1.97. The number of aromatic nitrogens is 1. The van der Waals surface area contributed by atoms with E-state index in [1.165, 1.54) is 0 Å². The third-order valence-corrected chi connectivity index (χ3v) is 2.41. The zero-order valence-corrected chi connectivity index (χ0v) is 9.26. The smallest absolute Gasteiger partial charge is 0.0786 e. The first-order valence-electron chi connectivity index (χ1n) is 2.91. The summed E-state index contributed by atoms with van der Waals surface area (Å²) in [5, 5.41) is 8.40. The Morgan fingerprint density at radius 2 is 2.45 bits per heavy atom. The van der Waals surface area contributed by atoms with Gasteiger partial charge in [0.05, 0.1) is 18.2 Å². The van der Waals surface area contributed by atoms with Gasteiger partial charge in [0.15, 0.2) is 0 Å². The summed E-state index contributed by atoms with van der Waals surface area (Å²) in [7, 11) is 0. The molecule has 0 amide bonds. The third-order valence-electron chi connectivity index (χ3n) is 1.13. The Bertz CT molecular complexity index is 306. The van der Waals surface area contributed by atoms with E-state index >= 15 is 0 Å². The zero-order valence-electron chi connectivity index (χ0n) is 5.51. The molecule has 1 heterocycles. The van der Waals surface area contributed by atoms with Gasteiger partial charge in [-0.3, -0.25) is 4.98 Å². The Morgan fingerprint density at radius 3 is 3.00 bits per heavy atom. The van der Waals surface area contributed by atoms with Gasteiger partial charge in [0, 0.05) is 14.2 Å². The average Bonchev–Trinajstić information content (AvgIpc) is 1.95. The Kier molecular flexibility index (Phi) is 3.27. The van der Waals surface area contributed by atoms with Gasteiger partial charge in [0.2, 0.25) is 0 Å². The SMILES string of the molecule is N#CCc1ncc(I)cc1Br. The second-order valence-electron chi connectivity index (χ2n) is 1.92. The summed E-state index contributed by atoms with van der Waals surface area (Å²) >= 11 is 5.50. The molecule has 0 bridgehead atoms. The van der Waals surface area contributed by atoms with E-state index in [1.807, 2.05) is 12.1 Å². The van der Waals surface area contributed by atoms with E-state index in [1.54, 1.807) is 6.20 Å². The molecule has 0 atom stereocenters. The summed E-state index contributed by atoms with van der Waals surface area (Å²) < 4.78 is 1.97. The molecule has 0 spiro atoms. The minimum absolute atomic E-state index is 0.359. The van der Waals surface area contributed by atoms with Gasteiger partial charge in [-0.15, -0.1) is 0 Å². The van der Waals surface area contributed by atoms with E-state index in [9.17, 15) is 0 Å². The zero-order chi connectivity index (χ0) is 8.27. The van der Waals surface area contributed by atoms with Gasteiger partial charge in [0.25, 0.3) is 0 Å². The fourth-order valence-corrected chi connectivity index (χ4v) is 2.02. The molecule has 0 unspecified atom stereocenters. The van der Waals surface area contributed by atoms with Crippen LogP contribution in [0.3, 0.4) is 0 Å². The Labute approximate surface area is 86.9 Å². The minimum atomic E-state index is 0.359. The van der Waals surface area contributed by atoms with Crippen LogP contribution < -0.4 is 0 Å². The van der Waals surface area contributed by atoms with Crippen molar-refractivity contribution in [3.8, 4) is 6.07 Å². The Morgan fingerprint density at radius 1 is 1.73 bits per heavy atom. The molecule has 0 aliphatic heterocycles. The second-order valence-corrected chi connectivity index (χ2v) is 4.02. The minimum Gasteiger partial charge on any atom is -0.258 e. The van der Waals surface area contributed by atoms with Gasteiger partial charge in [-0.1, -0.05) is 0 Å². The second kappa shape index (κ2) is 4.02. The van der Waals surface area contributed by atoms with Crippen molar-refractivity contribution in [3.05, 3.63) is 26.0 Å². The monoisotopic (exact) mass is 322 g/mol. The molecule has 56 valence electrons. The first kappa shape index (κ1) is 8.94. The van der Waals surface area contributed by atoms with E-state index in [-0.39, 0.29) is 0 Å². The van der Waals surface area contributed by atoms with Crippen molar-refractivity contribution in [2.75, 3.05) is 0 Å². The van der Waals surface area contributed by atoms with Crippen molar-refractivity contribution in [1.82, 2.24) is 4.98 Å². The quantitative estimate of drug-likeness (QED) is 0.745. The number of nitriles is 1. The van der Waals surface area contributed by atoms with E-state index in [4.69, 9.17) is 5.26 Å². The fourth-order valence-electron chi connectivity index (χ4n) is 0.648. The molecular formula is C7H4BrIN2. The summed E-state index contributed by atoms with van der Waals surface area (Å²) in [6.45, 7) is 0. The van der Waals surface area contributed by atoms with Crippen molar-refractivity contribution >= 4 is 38.5 Å². The topological polar surface area (TPSA) is 36.7 Å². The summed E-state index contributed by atoms with van der Waals surface area (Å²) in [6, 6.07) is 3.99. The van der Waals surface area contributed by atoms with E-state index in [2.05, 4.69) is 43.5 Å². The summed E-state index contributed by atoms with van der Waals surface area (Å²) in [5.41, 5.74) is 0.799. The van der Waals surface area contributed by atoms with E-state index < -0.39 is 0 Å². The molecule has 0 aliphatic carbocycles. The highest BCUT2D eigenvalue weighted by molar-refractivity contribution is 14.1. The van der Waals surface area contributed by atoms with Crippen LogP contribution in [-0.4, -0.2) is 4.98 Å². The van der Waals surface area contributed by atoms with Gasteiger partial charge in [0.1, 0.15) is 0 Å². The van der Waals surface area contributed by atoms with Gasteiger partial charge in [-0.2, -0.15) is 5.26 Å². The molecule has 0 fully saturated rings. The molecule has 0 saturated carbocycles. The van der Waals surface area contributed by atoms with Crippen LogP contribution in [0.4, 0.5) is 0 Å². The fraction of sp³-hybridized carbons (Fsp3) is 0.143. The molecule has 0 saturated heterocycles. The number of rotatable bonds is 1. The van der Waals surface area contributed by atoms with Crippen LogP contribution in [-0.2, 0) is 6.42 Å². The van der Waals surface area contributed by atoms with Gasteiger partial charge in [-0.25, -0.2) is 0 Å². The largest absolute Gasteiger partial charge is 0.258 e. The Hall–Kier alpha value is -0.150. The highest BCUT2D eigenvalue weighted by Crippen LogP contribution is 2.17. The first-order chi connectivity index (χ1) is 5.24. The van der Waals surface area contributed by atoms with Crippen molar-refractivity contribution in [3.63, 3.8) is 0 Å². The summed E-state index contributed by atoms with van der Waals surface area (Å²) in [6.07, 6.45) is 2.11. The van der Waals surface area contributed by atoms with Crippen molar-refractivity contribution in [2.24, 2.45) is 0 Å². The number of halogens is 2. The Balaban J connectivity index is 3.01. The third kappa shape index (κ3) is 2.42. The highest BCUT2D eigenvalue weighted by atomic mass is 127. The normalized spacial score (nSPS) is 9.18. The van der Waals surface area contributed by atoms with Crippen LogP contribution >= 0.6 is 38.5 Å². The molecule has 4 heteroatoms. The predicted molar refractivity (Wildman–Crippen MR) is 54.0 cm³/mol. The molecule has 1 aromatic heterocycles. The van der Waals surface area contributed by atoms with Crippen LogP contribution in [0.25, 0.3) is 0 Å². The maximum absolute atomic E-state index is 8.40. The average molecular weight is 323 g/mol. The maximum atomic E-state index is 8.40. The number of nitrogens with zero attached hydrogens (tertiary/aromatic N) is 2. The molecule has 0 aromatic carbocycles. The number of hydrogen-bond donors (Lipinski definition) is 0. The van der Waals surface area contributed by atoms with Crippen LogP contribution in [0.5, 0.6) is 0 Å².